The van der Waals surface area contributed by atoms with Crippen molar-refractivity contribution in [2.45, 2.75) is 53.4 Å². The summed E-state index contributed by atoms with van der Waals surface area (Å²) in [5.41, 5.74) is 3.31. The lowest BCUT2D eigenvalue weighted by atomic mass is 10.1. The Morgan fingerprint density at radius 3 is 1.78 bits per heavy atom. The Hall–Kier alpha value is -0.640. The van der Waals surface area contributed by atoms with Gasteiger partial charge in [-0.25, -0.2) is 9.13 Å². The summed E-state index contributed by atoms with van der Waals surface area (Å²) in [5, 5.41) is 0. The van der Waals surface area contributed by atoms with Crippen molar-refractivity contribution in [1.29, 1.82) is 0 Å². The molecule has 0 saturated heterocycles. The number of hydrogen-bond acceptors (Lipinski definition) is 7. The molecule has 164 valence electrons. The van der Waals surface area contributed by atoms with Crippen LogP contribution in [0, 0.1) is 0 Å². The standard InChI is InChI=1S/C15H28O7P2.3H3N/c1-13(2)7-5-8-14(3)9-6-10-15(4)11-12-21-24(19,20)22-23(16,17)18;;;/h7,9,11H,5-6,8,10,12H2,1-4H3,(H,19,20)(H2,16,17,18);3*1H3/b14-9+,15-11+;;;/i12T;;;. The van der Waals surface area contributed by atoms with E-state index in [-0.39, 0.29) is 18.5 Å². The third-order valence-corrected chi connectivity index (χ3v) is 4.94. The third kappa shape index (κ3) is 23.3. The number of phosphoric ester groups is 1. The molecule has 12 heteroatoms. The monoisotopic (exact) mass is 435 g/mol. The van der Waals surface area contributed by atoms with Crippen molar-refractivity contribution in [3.8, 4) is 0 Å². The second kappa shape index (κ2) is 16.3. The molecule has 0 radical (unpaired) electrons. The molecular weight excluding hydrogens is 396 g/mol. The molecule has 27 heavy (non-hydrogen) atoms. The van der Waals surface area contributed by atoms with Gasteiger partial charge in [-0.3, -0.25) is 4.52 Å². The Labute approximate surface area is 163 Å². The quantitative estimate of drug-likeness (QED) is 0.186. The molecule has 0 aliphatic carbocycles. The third-order valence-electron chi connectivity index (χ3n) is 2.88. The molecule has 0 aromatic heterocycles. The van der Waals surface area contributed by atoms with Crippen molar-refractivity contribution in [3.05, 3.63) is 34.9 Å². The lowest BCUT2D eigenvalue weighted by Gasteiger charge is -2.11. The highest BCUT2D eigenvalue weighted by Gasteiger charge is 2.31. The predicted molar refractivity (Wildman–Crippen MR) is 109 cm³/mol. The predicted octanol–water partition coefficient (Wildman–Crippen LogP) is 5.12. The molecule has 0 amide bonds. The van der Waals surface area contributed by atoms with E-state index < -0.39 is 22.2 Å². The first-order chi connectivity index (χ1) is 11.3. The lowest BCUT2D eigenvalue weighted by molar-refractivity contribution is 0.191. The van der Waals surface area contributed by atoms with Gasteiger partial charge in [0.1, 0.15) is 0 Å². The minimum atomic E-state index is -5.18. The number of phosphoric acid groups is 2. The molecule has 0 bridgehead atoms. The van der Waals surface area contributed by atoms with Gasteiger partial charge in [0, 0.05) is 0 Å². The maximum atomic E-state index is 11.3. The van der Waals surface area contributed by atoms with E-state index >= 15 is 0 Å². The summed E-state index contributed by atoms with van der Waals surface area (Å²) in [6, 6.07) is 0. The first-order valence-corrected chi connectivity index (χ1v) is 10.5. The number of allylic oxidation sites excluding steroid dienone is 5. The van der Waals surface area contributed by atoms with Crippen LogP contribution < -0.4 is 18.5 Å². The first-order valence-electron chi connectivity index (χ1n) is 8.05. The lowest BCUT2D eigenvalue weighted by Crippen LogP contribution is -1.94. The van der Waals surface area contributed by atoms with Crippen molar-refractivity contribution in [2.24, 2.45) is 0 Å². The van der Waals surface area contributed by atoms with E-state index in [9.17, 15) is 9.13 Å². The van der Waals surface area contributed by atoms with Crippen LogP contribution in [0.25, 0.3) is 0 Å². The van der Waals surface area contributed by atoms with E-state index in [1.165, 1.54) is 17.2 Å². The average Bonchev–Trinajstić information content (AvgIpc) is 2.33. The second-order valence-electron chi connectivity index (χ2n) is 5.70. The van der Waals surface area contributed by atoms with E-state index in [4.69, 9.17) is 16.1 Å². The molecule has 0 aliphatic heterocycles. The van der Waals surface area contributed by atoms with Gasteiger partial charge in [-0.05, 0) is 53.4 Å². The van der Waals surface area contributed by atoms with Crippen LogP contribution >= 0.6 is 15.6 Å². The van der Waals surface area contributed by atoms with Crippen LogP contribution in [-0.2, 0) is 18.0 Å². The largest absolute Gasteiger partial charge is 0.481 e. The van der Waals surface area contributed by atoms with Gasteiger partial charge >= 0.3 is 15.6 Å². The van der Waals surface area contributed by atoms with Gasteiger partial charge in [0.05, 0.1) is 7.95 Å². The van der Waals surface area contributed by atoms with Crippen LogP contribution in [-0.4, -0.2) is 21.3 Å². The molecule has 2 unspecified atom stereocenters. The highest BCUT2D eigenvalue weighted by Crippen LogP contribution is 2.57. The normalized spacial score (nSPS) is 15.9. The summed E-state index contributed by atoms with van der Waals surface area (Å²) in [5.74, 6) is 0. The maximum Gasteiger partial charge on any atom is 0.481 e. The molecule has 0 aromatic rings. The average molecular weight is 435 g/mol. The Bertz CT molecular complexity index is 617. The Morgan fingerprint density at radius 2 is 1.33 bits per heavy atom. The summed E-state index contributed by atoms with van der Waals surface area (Å²) in [7, 11) is -10.2. The van der Waals surface area contributed by atoms with E-state index in [1.54, 1.807) is 6.92 Å². The second-order valence-corrected chi connectivity index (χ2v) is 8.49. The van der Waals surface area contributed by atoms with E-state index in [0.717, 1.165) is 24.8 Å². The molecule has 0 heterocycles. The van der Waals surface area contributed by atoms with Crippen LogP contribution in [0.15, 0.2) is 34.9 Å². The van der Waals surface area contributed by atoms with Crippen LogP contribution in [0.4, 0.5) is 0 Å². The Kier molecular flexibility index (Phi) is 18.8. The molecule has 0 aromatic carbocycles. The Morgan fingerprint density at radius 1 is 0.889 bits per heavy atom. The van der Waals surface area contributed by atoms with E-state index in [2.05, 4.69) is 41.8 Å². The van der Waals surface area contributed by atoms with Crippen LogP contribution in [0.2, 0.25) is 0 Å². The fraction of sp³-hybridized carbons (Fsp3) is 0.600. The SMILES string of the molecule is N.N.N.[3H]C(/C=C(\C)CC/C=C(\C)CCC=C(C)C)OP(=O)(O)OP(=O)(O)O. The minimum absolute atomic E-state index is 0. The van der Waals surface area contributed by atoms with Crippen LogP contribution in [0.1, 0.15) is 54.7 Å². The van der Waals surface area contributed by atoms with Crippen molar-refractivity contribution < 1.29 is 34.0 Å². The zero-order valence-electron chi connectivity index (χ0n) is 17.6. The minimum Gasteiger partial charge on any atom is -0.344 e. The number of hydrogen-bond donors (Lipinski definition) is 6. The molecule has 0 spiro atoms. The molecule has 0 fully saturated rings. The van der Waals surface area contributed by atoms with Gasteiger partial charge in [-0.2, -0.15) is 4.31 Å². The summed E-state index contributed by atoms with van der Waals surface area (Å²) in [4.78, 5) is 26.2. The Balaban J connectivity index is -0.000000960. The summed E-state index contributed by atoms with van der Waals surface area (Å²) in [6.45, 7) is 6.34. The van der Waals surface area contributed by atoms with Gasteiger partial charge in [-0.1, -0.05) is 34.9 Å². The fourth-order valence-electron chi connectivity index (χ4n) is 1.70. The highest BCUT2D eigenvalue weighted by molar-refractivity contribution is 7.60. The molecule has 2 atom stereocenters. The zero-order chi connectivity index (χ0) is 19.7. The summed E-state index contributed by atoms with van der Waals surface area (Å²) >= 11 is 0. The topological polar surface area (TPSA) is 218 Å². The van der Waals surface area contributed by atoms with Crippen molar-refractivity contribution in [2.75, 3.05) is 6.58 Å². The van der Waals surface area contributed by atoms with Gasteiger partial charge in [0.25, 0.3) is 0 Å². The summed E-state index contributed by atoms with van der Waals surface area (Å²) < 4.78 is 37.4. The smallest absolute Gasteiger partial charge is 0.344 e. The maximum absolute atomic E-state index is 11.3. The van der Waals surface area contributed by atoms with Crippen LogP contribution in [0.5, 0.6) is 0 Å². The summed E-state index contributed by atoms with van der Waals surface area (Å²) in [6.07, 6.45) is 8.93. The molecule has 0 aliphatic rings. The van der Waals surface area contributed by atoms with Gasteiger partial charge < -0.3 is 33.1 Å². The van der Waals surface area contributed by atoms with Crippen LogP contribution in [0.3, 0.4) is 0 Å². The molecular formula is C15H37N3O7P2. The number of rotatable bonds is 11. The van der Waals surface area contributed by atoms with E-state index in [1.807, 2.05) is 0 Å². The molecule has 10 nitrogen and oxygen atoms in total. The van der Waals surface area contributed by atoms with E-state index in [0.29, 0.717) is 6.42 Å². The molecule has 0 rings (SSSR count). The van der Waals surface area contributed by atoms with Gasteiger partial charge in [0.15, 0.2) is 0 Å². The highest BCUT2D eigenvalue weighted by atomic mass is 31.3. The first kappa shape index (κ1) is 31.1. The van der Waals surface area contributed by atoms with Crippen molar-refractivity contribution in [3.63, 3.8) is 0 Å². The van der Waals surface area contributed by atoms with Crippen molar-refractivity contribution in [1.82, 2.24) is 18.5 Å². The van der Waals surface area contributed by atoms with Gasteiger partial charge in [-0.15, -0.1) is 0 Å². The fourth-order valence-corrected chi connectivity index (χ4v) is 3.14. The molecule has 12 N–H and O–H groups in total. The van der Waals surface area contributed by atoms with Gasteiger partial charge in [0.2, 0.25) is 0 Å². The molecule has 0 saturated carbocycles. The zero-order valence-corrected chi connectivity index (χ0v) is 18.4. The van der Waals surface area contributed by atoms with Crippen molar-refractivity contribution >= 4 is 15.6 Å².